The third-order valence-corrected chi connectivity index (χ3v) is 4.62. The Labute approximate surface area is 126 Å². The molecule has 0 radical (unpaired) electrons. The van der Waals surface area contributed by atoms with E-state index in [0.29, 0.717) is 6.04 Å². The molecule has 3 N–H and O–H groups in total. The molecule has 0 spiro atoms. The first-order valence-corrected chi connectivity index (χ1v) is 8.19. The van der Waals surface area contributed by atoms with Gasteiger partial charge in [-0.3, -0.25) is 4.79 Å². The van der Waals surface area contributed by atoms with Crippen molar-refractivity contribution in [2.75, 3.05) is 0 Å². The highest BCUT2D eigenvalue weighted by Crippen LogP contribution is 2.22. The van der Waals surface area contributed by atoms with E-state index in [1.165, 1.54) is 31.2 Å². The summed E-state index contributed by atoms with van der Waals surface area (Å²) in [6, 6.07) is 10.8. The van der Waals surface area contributed by atoms with Crippen molar-refractivity contribution < 1.29 is 4.79 Å². The van der Waals surface area contributed by atoms with Crippen LogP contribution in [0.25, 0.3) is 0 Å². The molecule has 1 amide bonds. The van der Waals surface area contributed by atoms with Gasteiger partial charge in [0.15, 0.2) is 0 Å². The molecule has 21 heavy (non-hydrogen) atoms. The smallest absolute Gasteiger partial charge is 0.238 e. The van der Waals surface area contributed by atoms with Crippen LogP contribution in [0.4, 0.5) is 0 Å². The molecule has 3 rings (SSSR count). The van der Waals surface area contributed by atoms with E-state index in [0.717, 1.165) is 19.3 Å². The molecule has 2 unspecified atom stereocenters. The van der Waals surface area contributed by atoms with Crippen LogP contribution < -0.4 is 16.2 Å². The lowest BCUT2D eigenvalue weighted by Crippen LogP contribution is -2.46. The highest BCUT2D eigenvalue weighted by Gasteiger charge is 2.31. The van der Waals surface area contributed by atoms with E-state index in [4.69, 9.17) is 0 Å². The highest BCUT2D eigenvalue weighted by atomic mass is 16.2. The van der Waals surface area contributed by atoms with Gasteiger partial charge in [-0.05, 0) is 24.8 Å². The predicted molar refractivity (Wildman–Crippen MR) is 83.5 cm³/mol. The summed E-state index contributed by atoms with van der Waals surface area (Å²) >= 11 is 0. The maximum absolute atomic E-state index is 12.4. The van der Waals surface area contributed by atoms with Crippen molar-refractivity contribution in [3.05, 3.63) is 35.9 Å². The molecule has 0 bridgehead atoms. The van der Waals surface area contributed by atoms with Crippen LogP contribution >= 0.6 is 0 Å². The Balaban J connectivity index is 1.52. The molecule has 2 atom stereocenters. The number of hydrogen-bond donors (Lipinski definition) is 3. The molecule has 0 aromatic heterocycles. The number of nitrogens with one attached hydrogen (secondary N) is 3. The normalized spacial score (nSPS) is 27.2. The van der Waals surface area contributed by atoms with Crippen molar-refractivity contribution in [1.29, 1.82) is 0 Å². The standard InChI is InChI=1S/C17H25N3O/c21-17(18-14-10-6-1-2-7-11-14)16-12-15(19-20-16)13-8-4-3-5-9-13/h3-5,8-9,14-16,19-20H,1-2,6-7,10-12H2,(H,18,21). The first-order valence-electron chi connectivity index (χ1n) is 8.19. The molecule has 1 aromatic carbocycles. The SMILES string of the molecule is O=C(NC1CCCCCC1)C1CC(c2ccccc2)NN1. The van der Waals surface area contributed by atoms with Crippen LogP contribution in [0.2, 0.25) is 0 Å². The molecule has 2 fully saturated rings. The van der Waals surface area contributed by atoms with Gasteiger partial charge in [-0.2, -0.15) is 0 Å². The quantitative estimate of drug-likeness (QED) is 0.748. The van der Waals surface area contributed by atoms with E-state index in [9.17, 15) is 4.79 Å². The molecule has 4 heteroatoms. The molecular formula is C17H25N3O. The Morgan fingerprint density at radius 3 is 2.43 bits per heavy atom. The maximum Gasteiger partial charge on any atom is 0.238 e. The van der Waals surface area contributed by atoms with Gasteiger partial charge in [0.25, 0.3) is 0 Å². The van der Waals surface area contributed by atoms with Crippen LogP contribution in [0.5, 0.6) is 0 Å². The Hall–Kier alpha value is -1.39. The van der Waals surface area contributed by atoms with Crippen LogP contribution in [-0.4, -0.2) is 18.0 Å². The molecule has 2 aliphatic rings. The van der Waals surface area contributed by atoms with Crippen molar-refractivity contribution in [3.8, 4) is 0 Å². The zero-order valence-electron chi connectivity index (χ0n) is 12.5. The topological polar surface area (TPSA) is 53.2 Å². The van der Waals surface area contributed by atoms with Gasteiger partial charge in [0.05, 0.1) is 0 Å². The largest absolute Gasteiger partial charge is 0.352 e. The Morgan fingerprint density at radius 1 is 1.00 bits per heavy atom. The zero-order valence-corrected chi connectivity index (χ0v) is 12.5. The number of hydrogen-bond acceptors (Lipinski definition) is 3. The monoisotopic (exact) mass is 287 g/mol. The van der Waals surface area contributed by atoms with Crippen molar-refractivity contribution in [2.24, 2.45) is 0 Å². The summed E-state index contributed by atoms with van der Waals surface area (Å²) in [7, 11) is 0. The summed E-state index contributed by atoms with van der Waals surface area (Å²) in [6.45, 7) is 0. The van der Waals surface area contributed by atoms with Crippen molar-refractivity contribution in [3.63, 3.8) is 0 Å². The molecular weight excluding hydrogens is 262 g/mol. The van der Waals surface area contributed by atoms with Crippen LogP contribution in [0.3, 0.4) is 0 Å². The van der Waals surface area contributed by atoms with Gasteiger partial charge in [-0.15, -0.1) is 0 Å². The Morgan fingerprint density at radius 2 is 1.71 bits per heavy atom. The molecule has 114 valence electrons. The molecule has 4 nitrogen and oxygen atoms in total. The van der Waals surface area contributed by atoms with Crippen molar-refractivity contribution >= 4 is 5.91 Å². The van der Waals surface area contributed by atoms with Gasteiger partial charge in [-0.25, -0.2) is 10.9 Å². The molecule has 1 aromatic rings. The lowest BCUT2D eigenvalue weighted by atomic mass is 10.0. The van der Waals surface area contributed by atoms with Gasteiger partial charge in [0.1, 0.15) is 6.04 Å². The first-order chi connectivity index (χ1) is 10.3. The minimum atomic E-state index is -0.126. The number of carbonyl (C=O) groups excluding carboxylic acids is 1. The summed E-state index contributed by atoms with van der Waals surface area (Å²) in [5.74, 6) is 0.146. The van der Waals surface area contributed by atoms with E-state index in [-0.39, 0.29) is 18.0 Å². The second-order valence-corrected chi connectivity index (χ2v) is 6.24. The number of rotatable bonds is 3. The second-order valence-electron chi connectivity index (χ2n) is 6.24. The number of benzene rings is 1. The second kappa shape index (κ2) is 7.05. The van der Waals surface area contributed by atoms with E-state index in [2.05, 4.69) is 28.3 Å². The van der Waals surface area contributed by atoms with Gasteiger partial charge in [0.2, 0.25) is 5.91 Å². The Kier molecular flexibility index (Phi) is 4.88. The summed E-state index contributed by atoms with van der Waals surface area (Å²) in [5.41, 5.74) is 7.62. The third kappa shape index (κ3) is 3.83. The maximum atomic E-state index is 12.4. The lowest BCUT2D eigenvalue weighted by molar-refractivity contribution is -0.123. The average molecular weight is 287 g/mol. The predicted octanol–water partition coefficient (Wildman–Crippen LogP) is 2.43. The number of hydrazine groups is 1. The number of amides is 1. The fraction of sp³-hybridized carbons (Fsp3) is 0.588. The van der Waals surface area contributed by atoms with E-state index in [1.807, 2.05) is 18.2 Å². The van der Waals surface area contributed by atoms with Crippen LogP contribution in [-0.2, 0) is 4.79 Å². The van der Waals surface area contributed by atoms with Gasteiger partial charge >= 0.3 is 0 Å². The van der Waals surface area contributed by atoms with Crippen LogP contribution in [0.1, 0.15) is 56.6 Å². The average Bonchev–Trinajstić information content (AvgIpc) is 2.88. The number of carbonyl (C=O) groups is 1. The summed E-state index contributed by atoms with van der Waals surface area (Å²) in [5, 5.41) is 3.23. The molecule has 1 aliphatic carbocycles. The van der Waals surface area contributed by atoms with E-state index >= 15 is 0 Å². The molecule has 1 saturated heterocycles. The van der Waals surface area contributed by atoms with E-state index < -0.39 is 0 Å². The third-order valence-electron chi connectivity index (χ3n) is 4.62. The summed E-state index contributed by atoms with van der Waals surface area (Å²) < 4.78 is 0. The summed E-state index contributed by atoms with van der Waals surface area (Å²) in [6.07, 6.45) is 8.18. The lowest BCUT2D eigenvalue weighted by Gasteiger charge is -2.18. The molecule has 1 aliphatic heterocycles. The molecule has 1 saturated carbocycles. The van der Waals surface area contributed by atoms with Crippen LogP contribution in [0, 0.1) is 0 Å². The van der Waals surface area contributed by atoms with Gasteiger partial charge in [-0.1, -0.05) is 56.0 Å². The minimum Gasteiger partial charge on any atom is -0.352 e. The van der Waals surface area contributed by atoms with Crippen LogP contribution in [0.15, 0.2) is 30.3 Å². The zero-order chi connectivity index (χ0) is 14.5. The Bertz CT molecular complexity index is 454. The van der Waals surface area contributed by atoms with Crippen molar-refractivity contribution in [2.45, 2.75) is 63.1 Å². The van der Waals surface area contributed by atoms with Gasteiger partial charge in [0, 0.05) is 12.1 Å². The van der Waals surface area contributed by atoms with Crippen molar-refractivity contribution in [1.82, 2.24) is 16.2 Å². The van der Waals surface area contributed by atoms with Gasteiger partial charge < -0.3 is 5.32 Å². The molecule has 1 heterocycles. The highest BCUT2D eigenvalue weighted by molar-refractivity contribution is 5.82. The van der Waals surface area contributed by atoms with E-state index in [1.54, 1.807) is 0 Å². The first kappa shape index (κ1) is 14.5. The fourth-order valence-corrected chi connectivity index (χ4v) is 3.36. The summed E-state index contributed by atoms with van der Waals surface area (Å²) in [4.78, 5) is 12.4. The fourth-order valence-electron chi connectivity index (χ4n) is 3.36. The minimum absolute atomic E-state index is 0.126.